The minimum absolute atomic E-state index is 0.0109. The summed E-state index contributed by atoms with van der Waals surface area (Å²) in [7, 11) is 1.38. The molecular formula is C22H28N2O3. The van der Waals surface area contributed by atoms with Gasteiger partial charge in [0.05, 0.1) is 12.7 Å². The molecule has 5 heteroatoms. The number of aromatic amines is 1. The second-order valence-electron chi connectivity index (χ2n) is 7.20. The molecule has 0 atom stereocenters. The zero-order valence-corrected chi connectivity index (χ0v) is 16.4. The number of methoxy groups -OCH3 is 1. The molecule has 2 heterocycles. The van der Waals surface area contributed by atoms with Crippen LogP contribution in [0, 0.1) is 6.92 Å². The number of carbonyl (C=O) groups excluding carboxylic acids is 2. The van der Waals surface area contributed by atoms with Crippen LogP contribution in [-0.2, 0) is 11.2 Å². The quantitative estimate of drug-likeness (QED) is 0.809. The van der Waals surface area contributed by atoms with Gasteiger partial charge in [-0.25, -0.2) is 4.79 Å². The van der Waals surface area contributed by atoms with E-state index in [2.05, 4.69) is 29.2 Å². The van der Waals surface area contributed by atoms with Gasteiger partial charge in [-0.2, -0.15) is 0 Å². The zero-order valence-electron chi connectivity index (χ0n) is 16.4. The van der Waals surface area contributed by atoms with E-state index in [1.165, 1.54) is 12.7 Å². The predicted molar refractivity (Wildman–Crippen MR) is 105 cm³/mol. The molecule has 1 aliphatic heterocycles. The lowest BCUT2D eigenvalue weighted by atomic mass is 9.89. The number of carbonyl (C=O) groups is 2. The second-order valence-corrected chi connectivity index (χ2v) is 7.20. The molecule has 144 valence electrons. The molecule has 1 amide bonds. The van der Waals surface area contributed by atoms with E-state index >= 15 is 0 Å². The molecule has 0 unspecified atom stereocenters. The Morgan fingerprint density at radius 2 is 1.85 bits per heavy atom. The average molecular weight is 368 g/mol. The summed E-state index contributed by atoms with van der Waals surface area (Å²) in [5.74, 6) is 0.110. The number of rotatable bonds is 5. The summed E-state index contributed by atoms with van der Waals surface area (Å²) in [5, 5.41) is 0. The van der Waals surface area contributed by atoms with E-state index in [4.69, 9.17) is 4.74 Å². The van der Waals surface area contributed by atoms with Gasteiger partial charge >= 0.3 is 5.97 Å². The topological polar surface area (TPSA) is 62.4 Å². The van der Waals surface area contributed by atoms with Gasteiger partial charge in [-0.15, -0.1) is 0 Å². The Bertz CT molecular complexity index is 802. The number of esters is 1. The fourth-order valence-electron chi connectivity index (χ4n) is 4.04. The third-order valence-electron chi connectivity index (χ3n) is 5.45. The van der Waals surface area contributed by atoms with Gasteiger partial charge in [-0.1, -0.05) is 43.7 Å². The summed E-state index contributed by atoms with van der Waals surface area (Å²) in [5.41, 5.74) is 3.90. The van der Waals surface area contributed by atoms with Gasteiger partial charge in [0.1, 0.15) is 5.69 Å². The van der Waals surface area contributed by atoms with E-state index in [1.807, 2.05) is 24.8 Å². The number of benzene rings is 1. The Balaban J connectivity index is 1.78. The van der Waals surface area contributed by atoms with Gasteiger partial charge in [0, 0.05) is 18.8 Å². The van der Waals surface area contributed by atoms with E-state index in [9.17, 15) is 9.59 Å². The number of piperidine rings is 1. The highest BCUT2D eigenvalue weighted by atomic mass is 16.5. The minimum Gasteiger partial charge on any atom is -0.465 e. The molecule has 1 aliphatic rings. The Morgan fingerprint density at radius 1 is 1.19 bits per heavy atom. The maximum absolute atomic E-state index is 13.2. The molecule has 0 saturated carbocycles. The molecule has 0 spiro atoms. The van der Waals surface area contributed by atoms with E-state index in [0.717, 1.165) is 37.9 Å². The van der Waals surface area contributed by atoms with Gasteiger partial charge in [-0.3, -0.25) is 4.79 Å². The molecule has 27 heavy (non-hydrogen) atoms. The van der Waals surface area contributed by atoms with E-state index < -0.39 is 0 Å². The molecule has 1 fully saturated rings. The number of aromatic nitrogens is 1. The third-order valence-corrected chi connectivity index (χ3v) is 5.45. The molecule has 2 aromatic rings. The smallest absolute Gasteiger partial charge is 0.339 e. The first kappa shape index (κ1) is 19.2. The number of hydrogen-bond acceptors (Lipinski definition) is 3. The molecule has 1 aromatic carbocycles. The van der Waals surface area contributed by atoms with Crippen molar-refractivity contribution in [2.24, 2.45) is 0 Å². The summed E-state index contributed by atoms with van der Waals surface area (Å²) in [6.45, 7) is 5.33. The predicted octanol–water partition coefficient (Wildman–Crippen LogP) is 4.08. The van der Waals surface area contributed by atoms with E-state index in [1.54, 1.807) is 0 Å². The molecular weight excluding hydrogens is 340 g/mol. The molecule has 0 radical (unpaired) electrons. The van der Waals surface area contributed by atoms with Gasteiger partial charge < -0.3 is 14.6 Å². The summed E-state index contributed by atoms with van der Waals surface area (Å²) < 4.78 is 4.92. The molecule has 0 aliphatic carbocycles. The summed E-state index contributed by atoms with van der Waals surface area (Å²) in [6.07, 6.45) is 3.46. The van der Waals surface area contributed by atoms with Crippen LogP contribution in [0.2, 0.25) is 0 Å². The number of amides is 1. The molecule has 1 saturated heterocycles. The highest BCUT2D eigenvalue weighted by molar-refractivity contribution is 6.00. The van der Waals surface area contributed by atoms with Crippen LogP contribution in [0.3, 0.4) is 0 Å². The first-order valence-electron chi connectivity index (χ1n) is 9.70. The Hall–Kier alpha value is -2.56. The van der Waals surface area contributed by atoms with Crippen molar-refractivity contribution in [3.05, 3.63) is 58.4 Å². The van der Waals surface area contributed by atoms with Crippen LogP contribution in [0.4, 0.5) is 0 Å². The van der Waals surface area contributed by atoms with Crippen LogP contribution >= 0.6 is 0 Å². The Kier molecular flexibility index (Phi) is 5.99. The van der Waals surface area contributed by atoms with Crippen molar-refractivity contribution in [3.8, 4) is 0 Å². The number of likely N-dealkylation sites (tertiary alicyclic amines) is 1. The SMILES string of the molecule is CCCc1c(C(=O)N2CCC(c3ccccc3)CC2)[nH]c(C)c1C(=O)OC. The van der Waals surface area contributed by atoms with Crippen LogP contribution in [0.1, 0.15) is 69.8 Å². The molecule has 1 N–H and O–H groups in total. The molecule has 5 nitrogen and oxygen atoms in total. The number of hydrogen-bond donors (Lipinski definition) is 1. The first-order chi connectivity index (χ1) is 13.1. The second kappa shape index (κ2) is 8.42. The fraction of sp³-hybridized carbons (Fsp3) is 0.455. The first-order valence-corrected chi connectivity index (χ1v) is 9.70. The number of nitrogens with zero attached hydrogens (tertiary/aromatic N) is 1. The van der Waals surface area contributed by atoms with Gasteiger partial charge in [-0.05, 0) is 43.2 Å². The highest BCUT2D eigenvalue weighted by Crippen LogP contribution is 2.30. The highest BCUT2D eigenvalue weighted by Gasteiger charge is 2.30. The standard InChI is InChI=1S/C22H28N2O3/c1-4-8-18-19(22(26)27-3)15(2)23-20(18)21(25)24-13-11-17(12-14-24)16-9-6-5-7-10-16/h5-7,9-10,17,23H,4,8,11-14H2,1-3H3. The van der Waals surface area contributed by atoms with Crippen molar-refractivity contribution in [2.45, 2.75) is 45.4 Å². The van der Waals surface area contributed by atoms with Crippen LogP contribution in [0.25, 0.3) is 0 Å². The van der Waals surface area contributed by atoms with Crippen molar-refractivity contribution in [3.63, 3.8) is 0 Å². The van der Waals surface area contributed by atoms with Gasteiger partial charge in [0.15, 0.2) is 0 Å². The monoisotopic (exact) mass is 368 g/mol. The van der Waals surface area contributed by atoms with Crippen LogP contribution in [0.5, 0.6) is 0 Å². The van der Waals surface area contributed by atoms with Crippen molar-refractivity contribution < 1.29 is 14.3 Å². The number of nitrogens with one attached hydrogen (secondary N) is 1. The van der Waals surface area contributed by atoms with Gasteiger partial charge in [0.25, 0.3) is 5.91 Å². The van der Waals surface area contributed by atoms with Crippen molar-refractivity contribution in [1.82, 2.24) is 9.88 Å². The Morgan fingerprint density at radius 3 is 2.44 bits per heavy atom. The maximum atomic E-state index is 13.2. The number of H-pyrrole nitrogens is 1. The fourth-order valence-corrected chi connectivity index (χ4v) is 4.04. The summed E-state index contributed by atoms with van der Waals surface area (Å²) in [4.78, 5) is 30.4. The van der Waals surface area contributed by atoms with Gasteiger partial charge in [0.2, 0.25) is 0 Å². The Labute approximate surface area is 160 Å². The lowest BCUT2D eigenvalue weighted by Gasteiger charge is -2.32. The van der Waals surface area contributed by atoms with Crippen molar-refractivity contribution in [2.75, 3.05) is 20.2 Å². The molecule has 0 bridgehead atoms. The number of aryl methyl sites for hydroxylation is 1. The lowest BCUT2D eigenvalue weighted by Crippen LogP contribution is -2.38. The largest absolute Gasteiger partial charge is 0.465 e. The van der Waals surface area contributed by atoms with Crippen LogP contribution in [-0.4, -0.2) is 42.0 Å². The summed E-state index contributed by atoms with van der Waals surface area (Å²) >= 11 is 0. The molecule has 3 rings (SSSR count). The normalized spacial score (nSPS) is 15.0. The van der Waals surface area contributed by atoms with Crippen molar-refractivity contribution >= 4 is 11.9 Å². The third kappa shape index (κ3) is 3.92. The summed E-state index contributed by atoms with van der Waals surface area (Å²) in [6, 6.07) is 10.5. The van der Waals surface area contributed by atoms with Crippen LogP contribution < -0.4 is 0 Å². The van der Waals surface area contributed by atoms with E-state index in [-0.39, 0.29) is 11.9 Å². The average Bonchev–Trinajstić information content (AvgIpc) is 3.04. The minimum atomic E-state index is -0.381. The lowest BCUT2D eigenvalue weighted by molar-refractivity contribution is 0.0599. The van der Waals surface area contributed by atoms with E-state index in [0.29, 0.717) is 29.3 Å². The molecule has 1 aromatic heterocycles. The number of ether oxygens (including phenoxy) is 1. The van der Waals surface area contributed by atoms with Crippen LogP contribution in [0.15, 0.2) is 30.3 Å². The zero-order chi connectivity index (χ0) is 19.4. The van der Waals surface area contributed by atoms with Crippen molar-refractivity contribution in [1.29, 1.82) is 0 Å². The maximum Gasteiger partial charge on any atom is 0.339 e.